The number of thiocarbonyl (C=S) groups is 1. The van der Waals surface area contributed by atoms with E-state index in [9.17, 15) is 4.79 Å². The second-order valence-electron chi connectivity index (χ2n) is 2.26. The van der Waals surface area contributed by atoms with Crippen molar-refractivity contribution >= 4 is 23.2 Å². The molecule has 0 radical (unpaired) electrons. The number of hydrogen-bond acceptors (Lipinski definition) is 3. The molecule has 70 valence electrons. The molecule has 1 N–H and O–H groups in total. The van der Waals surface area contributed by atoms with Crippen LogP contribution < -0.4 is 5.32 Å². The molecule has 12 heavy (non-hydrogen) atoms. The number of carbonyl (C=O) groups is 1. The Morgan fingerprint density at radius 2 is 2.08 bits per heavy atom. The van der Waals surface area contributed by atoms with Crippen molar-refractivity contribution in [1.29, 1.82) is 0 Å². The van der Waals surface area contributed by atoms with Gasteiger partial charge in [0.1, 0.15) is 0 Å². The SMILES string of the molecule is CCNC(=S)CCC(=O)OCC. The molecular weight excluding hydrogens is 174 g/mol. The zero-order valence-corrected chi connectivity index (χ0v) is 8.37. The molecule has 4 heteroatoms. The third-order valence-electron chi connectivity index (χ3n) is 1.24. The van der Waals surface area contributed by atoms with Crippen molar-refractivity contribution in [3.63, 3.8) is 0 Å². The van der Waals surface area contributed by atoms with Crippen LogP contribution in [0.25, 0.3) is 0 Å². The average molecular weight is 189 g/mol. The maximum absolute atomic E-state index is 10.8. The van der Waals surface area contributed by atoms with Crippen molar-refractivity contribution < 1.29 is 9.53 Å². The quantitative estimate of drug-likeness (QED) is 0.522. The molecular formula is C8H15NO2S. The second kappa shape index (κ2) is 7.03. The van der Waals surface area contributed by atoms with Gasteiger partial charge in [-0.25, -0.2) is 0 Å². The first-order chi connectivity index (χ1) is 5.70. The fourth-order valence-corrected chi connectivity index (χ4v) is 0.981. The van der Waals surface area contributed by atoms with E-state index in [0.29, 0.717) is 19.4 Å². The van der Waals surface area contributed by atoms with Gasteiger partial charge in [0.15, 0.2) is 0 Å². The third-order valence-corrected chi connectivity index (χ3v) is 1.58. The highest BCUT2D eigenvalue weighted by Crippen LogP contribution is 1.94. The molecule has 0 aliphatic heterocycles. The zero-order valence-electron chi connectivity index (χ0n) is 7.55. The van der Waals surface area contributed by atoms with Crippen molar-refractivity contribution in [3.8, 4) is 0 Å². The molecule has 0 rings (SSSR count). The molecule has 0 amide bonds. The van der Waals surface area contributed by atoms with Crippen molar-refractivity contribution in [2.24, 2.45) is 0 Å². The molecule has 0 bridgehead atoms. The van der Waals surface area contributed by atoms with Crippen LogP contribution >= 0.6 is 12.2 Å². The van der Waals surface area contributed by atoms with Crippen LogP contribution in [-0.4, -0.2) is 24.1 Å². The van der Waals surface area contributed by atoms with Gasteiger partial charge in [-0.05, 0) is 13.8 Å². The lowest BCUT2D eigenvalue weighted by atomic mass is 10.3. The van der Waals surface area contributed by atoms with Crippen LogP contribution in [0.5, 0.6) is 0 Å². The molecule has 0 fully saturated rings. The summed E-state index contributed by atoms with van der Waals surface area (Å²) in [7, 11) is 0. The fourth-order valence-electron chi connectivity index (χ4n) is 0.734. The van der Waals surface area contributed by atoms with Gasteiger partial charge in [0.25, 0.3) is 0 Å². The fraction of sp³-hybridized carbons (Fsp3) is 0.750. The summed E-state index contributed by atoms with van der Waals surface area (Å²) in [5.41, 5.74) is 0. The lowest BCUT2D eigenvalue weighted by Gasteiger charge is -2.04. The summed E-state index contributed by atoms with van der Waals surface area (Å²) >= 11 is 4.94. The topological polar surface area (TPSA) is 38.3 Å². The van der Waals surface area contributed by atoms with Gasteiger partial charge in [-0.15, -0.1) is 0 Å². The maximum atomic E-state index is 10.8. The minimum absolute atomic E-state index is 0.183. The Morgan fingerprint density at radius 1 is 1.42 bits per heavy atom. The second-order valence-corrected chi connectivity index (χ2v) is 2.75. The molecule has 0 aromatic carbocycles. The van der Waals surface area contributed by atoms with Gasteiger partial charge in [-0.1, -0.05) is 12.2 Å². The average Bonchev–Trinajstić information content (AvgIpc) is 2.02. The summed E-state index contributed by atoms with van der Waals surface area (Å²) in [4.78, 5) is 11.6. The minimum atomic E-state index is -0.183. The predicted octanol–water partition coefficient (Wildman–Crippen LogP) is 1.27. The Kier molecular flexibility index (Phi) is 6.66. The highest BCUT2D eigenvalue weighted by Gasteiger charge is 2.02. The predicted molar refractivity (Wildman–Crippen MR) is 52.1 cm³/mol. The van der Waals surface area contributed by atoms with Gasteiger partial charge in [0.2, 0.25) is 0 Å². The van der Waals surface area contributed by atoms with Crippen molar-refractivity contribution in [2.45, 2.75) is 26.7 Å². The first-order valence-electron chi connectivity index (χ1n) is 4.13. The Balaban J connectivity index is 3.40. The normalized spacial score (nSPS) is 9.17. The monoisotopic (exact) mass is 189 g/mol. The summed E-state index contributed by atoms with van der Waals surface area (Å²) in [6, 6.07) is 0. The van der Waals surface area contributed by atoms with Crippen LogP contribution in [-0.2, 0) is 9.53 Å². The molecule has 3 nitrogen and oxygen atoms in total. The van der Waals surface area contributed by atoms with Gasteiger partial charge in [0, 0.05) is 13.0 Å². The van der Waals surface area contributed by atoms with Crippen LogP contribution in [0.1, 0.15) is 26.7 Å². The van der Waals surface area contributed by atoms with Gasteiger partial charge >= 0.3 is 5.97 Å². The van der Waals surface area contributed by atoms with E-state index in [2.05, 4.69) is 5.32 Å². The van der Waals surface area contributed by atoms with E-state index in [4.69, 9.17) is 17.0 Å². The van der Waals surface area contributed by atoms with Crippen LogP contribution in [0.15, 0.2) is 0 Å². The molecule has 0 aromatic rings. The van der Waals surface area contributed by atoms with E-state index >= 15 is 0 Å². The molecule has 0 saturated heterocycles. The molecule has 0 heterocycles. The Hall–Kier alpha value is -0.640. The molecule has 0 atom stereocenters. The highest BCUT2D eigenvalue weighted by molar-refractivity contribution is 7.80. The van der Waals surface area contributed by atoms with E-state index in [-0.39, 0.29) is 5.97 Å². The maximum Gasteiger partial charge on any atom is 0.306 e. The molecule has 0 aromatic heterocycles. The molecule has 0 spiro atoms. The van der Waals surface area contributed by atoms with Gasteiger partial charge in [-0.2, -0.15) is 0 Å². The number of hydrogen-bond donors (Lipinski definition) is 1. The number of ether oxygens (including phenoxy) is 1. The Morgan fingerprint density at radius 3 is 2.58 bits per heavy atom. The Labute approximate surface area is 78.5 Å². The lowest BCUT2D eigenvalue weighted by molar-refractivity contribution is -0.142. The largest absolute Gasteiger partial charge is 0.466 e. The summed E-state index contributed by atoms with van der Waals surface area (Å²) in [6.45, 7) is 5.01. The van der Waals surface area contributed by atoms with Crippen LogP contribution in [0, 0.1) is 0 Å². The van der Waals surface area contributed by atoms with E-state index in [1.807, 2.05) is 6.92 Å². The van der Waals surface area contributed by atoms with Gasteiger partial charge in [-0.3, -0.25) is 4.79 Å². The molecule has 0 unspecified atom stereocenters. The van der Waals surface area contributed by atoms with Gasteiger partial charge < -0.3 is 10.1 Å². The molecule has 0 aliphatic carbocycles. The van der Waals surface area contributed by atoms with E-state index in [1.54, 1.807) is 6.92 Å². The number of rotatable bonds is 5. The summed E-state index contributed by atoms with van der Waals surface area (Å²) in [5.74, 6) is -0.183. The van der Waals surface area contributed by atoms with Crippen LogP contribution in [0.3, 0.4) is 0 Å². The highest BCUT2D eigenvalue weighted by atomic mass is 32.1. The van der Waals surface area contributed by atoms with Gasteiger partial charge in [0.05, 0.1) is 18.0 Å². The van der Waals surface area contributed by atoms with Crippen LogP contribution in [0.2, 0.25) is 0 Å². The number of esters is 1. The first-order valence-corrected chi connectivity index (χ1v) is 4.53. The van der Waals surface area contributed by atoms with E-state index in [1.165, 1.54) is 0 Å². The zero-order chi connectivity index (χ0) is 9.40. The van der Waals surface area contributed by atoms with E-state index in [0.717, 1.165) is 11.5 Å². The molecule has 0 saturated carbocycles. The summed E-state index contributed by atoms with van der Waals surface area (Å²) < 4.78 is 4.74. The van der Waals surface area contributed by atoms with E-state index < -0.39 is 0 Å². The Bertz CT molecular complexity index is 141. The summed E-state index contributed by atoms with van der Waals surface area (Å²) in [6.07, 6.45) is 0.960. The van der Waals surface area contributed by atoms with Crippen molar-refractivity contribution in [1.82, 2.24) is 5.32 Å². The number of carbonyl (C=O) groups excluding carboxylic acids is 1. The number of nitrogens with one attached hydrogen (secondary N) is 1. The smallest absolute Gasteiger partial charge is 0.306 e. The minimum Gasteiger partial charge on any atom is -0.466 e. The van der Waals surface area contributed by atoms with Crippen molar-refractivity contribution in [2.75, 3.05) is 13.2 Å². The third kappa shape index (κ3) is 6.09. The first kappa shape index (κ1) is 11.4. The van der Waals surface area contributed by atoms with Crippen LogP contribution in [0.4, 0.5) is 0 Å². The summed E-state index contributed by atoms with van der Waals surface area (Å²) in [5, 5.41) is 2.97. The molecule has 0 aliphatic rings. The lowest BCUT2D eigenvalue weighted by Crippen LogP contribution is -2.21. The standard InChI is InChI=1S/C8H15NO2S/c1-3-9-7(12)5-6-8(10)11-4-2/h3-6H2,1-2H3,(H,9,12). The van der Waals surface area contributed by atoms with Crippen molar-refractivity contribution in [3.05, 3.63) is 0 Å².